The van der Waals surface area contributed by atoms with Gasteiger partial charge in [-0.25, -0.2) is 0 Å². The van der Waals surface area contributed by atoms with E-state index in [-0.39, 0.29) is 18.3 Å². The largest absolute Gasteiger partial charge is 0.379 e. The quantitative estimate of drug-likeness (QED) is 0.672. The fraction of sp³-hybridized carbons (Fsp3) is 0.889. The molecule has 0 aliphatic carbocycles. The third-order valence-electron chi connectivity index (χ3n) is 2.24. The third kappa shape index (κ3) is 5.94. The van der Waals surface area contributed by atoms with E-state index in [1.165, 1.54) is 0 Å². The van der Waals surface area contributed by atoms with Gasteiger partial charge in [0.15, 0.2) is 0 Å². The van der Waals surface area contributed by atoms with Gasteiger partial charge in [0.2, 0.25) is 5.91 Å². The van der Waals surface area contributed by atoms with Crippen LogP contribution in [0.2, 0.25) is 0 Å². The third-order valence-corrected chi connectivity index (χ3v) is 2.24. The molecular formula is C9H20ClN3O2. The van der Waals surface area contributed by atoms with Crippen LogP contribution in [0.25, 0.3) is 0 Å². The van der Waals surface area contributed by atoms with Crippen molar-refractivity contribution in [3.8, 4) is 0 Å². The van der Waals surface area contributed by atoms with Crippen molar-refractivity contribution in [2.45, 2.75) is 13.0 Å². The normalized spacial score (nSPS) is 19.1. The molecule has 3 N–H and O–H groups in total. The van der Waals surface area contributed by atoms with Crippen molar-refractivity contribution in [1.29, 1.82) is 0 Å². The summed E-state index contributed by atoms with van der Waals surface area (Å²) in [6.45, 7) is 6.72. The molecule has 0 aromatic heterocycles. The van der Waals surface area contributed by atoms with Gasteiger partial charge in [-0.05, 0) is 6.92 Å². The number of ether oxygens (including phenoxy) is 1. The summed E-state index contributed by atoms with van der Waals surface area (Å²) in [4.78, 5) is 13.4. The van der Waals surface area contributed by atoms with Crippen LogP contribution in [0.1, 0.15) is 6.92 Å². The standard InChI is InChI=1S/C9H19N3O2.ClH/c1-8(10)9(13)11-2-3-12-4-6-14-7-5-12;/h8H,2-7,10H2,1H3,(H,11,13);1H/t8-;/m1./s1. The molecule has 1 amide bonds. The van der Waals surface area contributed by atoms with E-state index in [1.54, 1.807) is 6.92 Å². The number of hydrogen-bond acceptors (Lipinski definition) is 4. The number of amides is 1. The second kappa shape index (κ2) is 7.87. The average Bonchev–Trinajstić information content (AvgIpc) is 2.19. The van der Waals surface area contributed by atoms with Gasteiger partial charge in [-0.15, -0.1) is 12.4 Å². The summed E-state index contributed by atoms with van der Waals surface area (Å²) in [5.74, 6) is -0.0849. The van der Waals surface area contributed by atoms with Crippen LogP contribution in [-0.4, -0.2) is 56.2 Å². The first-order valence-electron chi connectivity index (χ1n) is 5.03. The summed E-state index contributed by atoms with van der Waals surface area (Å²) in [6.07, 6.45) is 0. The second-order valence-electron chi connectivity index (χ2n) is 3.53. The Balaban J connectivity index is 0.00000196. The van der Waals surface area contributed by atoms with Crippen molar-refractivity contribution in [3.05, 3.63) is 0 Å². The molecule has 1 fully saturated rings. The van der Waals surface area contributed by atoms with Crippen LogP contribution in [0.15, 0.2) is 0 Å². The molecule has 0 aromatic rings. The van der Waals surface area contributed by atoms with Crippen molar-refractivity contribution in [2.75, 3.05) is 39.4 Å². The Hall–Kier alpha value is -0.360. The fourth-order valence-electron chi connectivity index (χ4n) is 1.32. The van der Waals surface area contributed by atoms with E-state index < -0.39 is 6.04 Å². The first-order chi connectivity index (χ1) is 6.70. The van der Waals surface area contributed by atoms with Gasteiger partial charge in [-0.3, -0.25) is 9.69 Å². The van der Waals surface area contributed by atoms with Gasteiger partial charge >= 0.3 is 0 Å². The van der Waals surface area contributed by atoms with Gasteiger partial charge in [0, 0.05) is 26.2 Å². The zero-order valence-corrected chi connectivity index (χ0v) is 9.89. The molecule has 1 saturated heterocycles. The lowest BCUT2D eigenvalue weighted by molar-refractivity contribution is -0.122. The summed E-state index contributed by atoms with van der Waals surface area (Å²) in [5.41, 5.74) is 5.41. The molecule has 0 spiro atoms. The predicted octanol–water partition coefficient (Wildman–Crippen LogP) is -0.796. The number of nitrogens with two attached hydrogens (primary N) is 1. The zero-order valence-electron chi connectivity index (χ0n) is 9.07. The number of morpholine rings is 1. The van der Waals surface area contributed by atoms with Gasteiger partial charge in [0.1, 0.15) is 0 Å². The molecule has 5 nitrogen and oxygen atoms in total. The van der Waals surface area contributed by atoms with Gasteiger partial charge in [0.05, 0.1) is 19.3 Å². The Morgan fingerprint density at radius 3 is 2.67 bits per heavy atom. The van der Waals surface area contributed by atoms with Gasteiger partial charge in [0.25, 0.3) is 0 Å². The summed E-state index contributed by atoms with van der Waals surface area (Å²) in [5, 5.41) is 2.78. The maximum atomic E-state index is 11.1. The van der Waals surface area contributed by atoms with Gasteiger partial charge < -0.3 is 15.8 Å². The molecule has 0 unspecified atom stereocenters. The smallest absolute Gasteiger partial charge is 0.236 e. The molecule has 1 rings (SSSR count). The lowest BCUT2D eigenvalue weighted by Gasteiger charge is -2.26. The van der Waals surface area contributed by atoms with E-state index in [2.05, 4.69) is 10.2 Å². The molecule has 0 saturated carbocycles. The number of nitrogens with zero attached hydrogens (tertiary/aromatic N) is 1. The van der Waals surface area contributed by atoms with E-state index in [0.29, 0.717) is 6.54 Å². The number of halogens is 1. The molecule has 90 valence electrons. The molecule has 1 aliphatic rings. The number of carbonyl (C=O) groups excluding carboxylic acids is 1. The highest BCUT2D eigenvalue weighted by atomic mass is 35.5. The summed E-state index contributed by atoms with van der Waals surface area (Å²) < 4.78 is 5.22. The monoisotopic (exact) mass is 237 g/mol. The Kier molecular flexibility index (Phi) is 7.68. The van der Waals surface area contributed by atoms with E-state index in [4.69, 9.17) is 10.5 Å². The number of hydrogen-bond donors (Lipinski definition) is 2. The highest BCUT2D eigenvalue weighted by Crippen LogP contribution is 1.94. The van der Waals surface area contributed by atoms with Crippen molar-refractivity contribution < 1.29 is 9.53 Å². The summed E-state index contributed by atoms with van der Waals surface area (Å²) >= 11 is 0. The minimum absolute atomic E-state index is 0. The molecule has 1 heterocycles. The number of carbonyl (C=O) groups is 1. The molecular weight excluding hydrogens is 218 g/mol. The number of rotatable bonds is 4. The van der Waals surface area contributed by atoms with Gasteiger partial charge in [-0.1, -0.05) is 0 Å². The highest BCUT2D eigenvalue weighted by Gasteiger charge is 2.11. The Morgan fingerprint density at radius 1 is 1.53 bits per heavy atom. The molecule has 15 heavy (non-hydrogen) atoms. The molecule has 0 aromatic carbocycles. The second-order valence-corrected chi connectivity index (χ2v) is 3.53. The van der Waals surface area contributed by atoms with Crippen molar-refractivity contribution in [1.82, 2.24) is 10.2 Å². The predicted molar refractivity (Wildman–Crippen MR) is 61.2 cm³/mol. The average molecular weight is 238 g/mol. The SMILES string of the molecule is C[C@@H](N)C(=O)NCCN1CCOCC1.Cl. The summed E-state index contributed by atoms with van der Waals surface area (Å²) in [6, 6.07) is -0.417. The Morgan fingerprint density at radius 2 is 2.13 bits per heavy atom. The van der Waals surface area contributed by atoms with E-state index >= 15 is 0 Å². The fourth-order valence-corrected chi connectivity index (χ4v) is 1.32. The van der Waals surface area contributed by atoms with Crippen LogP contribution < -0.4 is 11.1 Å². The van der Waals surface area contributed by atoms with Crippen molar-refractivity contribution >= 4 is 18.3 Å². The molecule has 1 aliphatic heterocycles. The first-order valence-corrected chi connectivity index (χ1v) is 5.03. The maximum absolute atomic E-state index is 11.1. The van der Waals surface area contributed by atoms with E-state index in [0.717, 1.165) is 32.8 Å². The van der Waals surface area contributed by atoms with Crippen LogP contribution in [0.5, 0.6) is 0 Å². The lowest BCUT2D eigenvalue weighted by atomic mass is 10.3. The summed E-state index contributed by atoms with van der Waals surface area (Å²) in [7, 11) is 0. The van der Waals surface area contributed by atoms with Crippen molar-refractivity contribution in [2.24, 2.45) is 5.73 Å². The number of nitrogens with one attached hydrogen (secondary N) is 1. The van der Waals surface area contributed by atoms with E-state index in [1.807, 2.05) is 0 Å². The molecule has 6 heteroatoms. The lowest BCUT2D eigenvalue weighted by Crippen LogP contribution is -2.44. The highest BCUT2D eigenvalue weighted by molar-refractivity contribution is 5.85. The zero-order chi connectivity index (χ0) is 10.4. The first kappa shape index (κ1) is 14.6. The Labute approximate surface area is 96.7 Å². The van der Waals surface area contributed by atoms with Crippen LogP contribution in [0.3, 0.4) is 0 Å². The van der Waals surface area contributed by atoms with E-state index in [9.17, 15) is 4.79 Å². The van der Waals surface area contributed by atoms with Crippen molar-refractivity contribution in [3.63, 3.8) is 0 Å². The van der Waals surface area contributed by atoms with Crippen LogP contribution in [-0.2, 0) is 9.53 Å². The molecule has 0 bridgehead atoms. The topological polar surface area (TPSA) is 67.6 Å². The van der Waals surface area contributed by atoms with Crippen LogP contribution in [0, 0.1) is 0 Å². The maximum Gasteiger partial charge on any atom is 0.236 e. The van der Waals surface area contributed by atoms with Gasteiger partial charge in [-0.2, -0.15) is 0 Å². The molecule has 1 atom stereocenters. The molecule has 0 radical (unpaired) electrons. The van der Waals surface area contributed by atoms with Crippen LogP contribution >= 0.6 is 12.4 Å². The minimum Gasteiger partial charge on any atom is -0.379 e. The Bertz CT molecular complexity index is 184. The minimum atomic E-state index is -0.417. The van der Waals surface area contributed by atoms with Crippen LogP contribution in [0.4, 0.5) is 0 Å².